The summed E-state index contributed by atoms with van der Waals surface area (Å²) in [7, 11) is 0. The van der Waals surface area contributed by atoms with Gasteiger partial charge in [-0.3, -0.25) is 14.9 Å². The number of nitrogens with two attached hydrogens (primary N) is 1. The number of amides is 1. The lowest BCUT2D eigenvalue weighted by Gasteiger charge is -2.02. The average molecular weight is 302 g/mol. The molecule has 0 aliphatic rings. The van der Waals surface area contributed by atoms with Crippen molar-refractivity contribution in [2.75, 3.05) is 11.9 Å². The van der Waals surface area contributed by atoms with Crippen molar-refractivity contribution in [1.82, 2.24) is 4.98 Å². The van der Waals surface area contributed by atoms with E-state index in [4.69, 9.17) is 5.73 Å². The van der Waals surface area contributed by atoms with Crippen LogP contribution in [0.15, 0.2) is 30.3 Å². The van der Waals surface area contributed by atoms with Crippen molar-refractivity contribution in [2.45, 2.75) is 0 Å². The molecule has 2 heterocycles. The largest absolute Gasteiger partial charge is 0.324 e. The zero-order valence-electron chi connectivity index (χ0n) is 10.7. The molecule has 0 atom stereocenters. The van der Waals surface area contributed by atoms with Crippen molar-refractivity contribution in [3.05, 3.63) is 51.0 Å². The molecular weight excluding hydrogens is 292 g/mol. The van der Waals surface area contributed by atoms with Crippen LogP contribution < -0.4 is 11.1 Å². The molecule has 1 amide bonds. The SMILES string of the molecule is NCC#Cc1cccc(NC(=O)c2ccc([N+](=O)[O-])s2)n1. The molecule has 106 valence electrons. The first kappa shape index (κ1) is 14.6. The average Bonchev–Trinajstić information content (AvgIpc) is 2.95. The van der Waals surface area contributed by atoms with Crippen LogP contribution >= 0.6 is 11.3 Å². The molecule has 8 heteroatoms. The molecule has 7 nitrogen and oxygen atoms in total. The van der Waals surface area contributed by atoms with Gasteiger partial charge in [0.05, 0.1) is 16.3 Å². The maximum atomic E-state index is 12.0. The number of nitrogens with one attached hydrogen (secondary N) is 1. The fourth-order valence-corrected chi connectivity index (χ4v) is 2.16. The van der Waals surface area contributed by atoms with Gasteiger partial charge in [-0.15, -0.1) is 0 Å². The van der Waals surface area contributed by atoms with E-state index in [0.717, 1.165) is 11.3 Å². The Morgan fingerprint density at radius 2 is 2.24 bits per heavy atom. The van der Waals surface area contributed by atoms with Gasteiger partial charge in [-0.25, -0.2) is 4.98 Å². The third-order valence-electron chi connectivity index (χ3n) is 2.30. The van der Waals surface area contributed by atoms with Crippen LogP contribution in [0.25, 0.3) is 0 Å². The van der Waals surface area contributed by atoms with Gasteiger partial charge in [0.25, 0.3) is 5.91 Å². The number of pyridine rings is 1. The molecule has 3 N–H and O–H groups in total. The van der Waals surface area contributed by atoms with Crippen LogP contribution in [-0.2, 0) is 0 Å². The summed E-state index contributed by atoms with van der Waals surface area (Å²) in [5.41, 5.74) is 5.75. The Hall–Kier alpha value is -2.76. The number of nitro groups is 1. The van der Waals surface area contributed by atoms with E-state index in [0.29, 0.717) is 11.5 Å². The second-order valence-corrected chi connectivity index (χ2v) is 4.83. The minimum Gasteiger partial charge on any atom is -0.320 e. The number of carbonyl (C=O) groups excluding carboxylic acids is 1. The van der Waals surface area contributed by atoms with Crippen LogP contribution in [0.5, 0.6) is 0 Å². The second kappa shape index (κ2) is 6.60. The topological polar surface area (TPSA) is 111 Å². The van der Waals surface area contributed by atoms with Crippen molar-refractivity contribution in [3.63, 3.8) is 0 Å². The highest BCUT2D eigenvalue weighted by atomic mass is 32.1. The Kier molecular flexibility index (Phi) is 4.61. The van der Waals surface area contributed by atoms with Crippen LogP contribution in [0, 0.1) is 22.0 Å². The van der Waals surface area contributed by atoms with E-state index < -0.39 is 10.8 Å². The molecule has 2 aromatic rings. The molecule has 0 spiro atoms. The zero-order chi connectivity index (χ0) is 15.2. The standard InChI is InChI=1S/C13H10N4O3S/c14-8-2-4-9-3-1-5-11(15-9)16-13(18)10-6-7-12(21-10)17(19)20/h1,3,5-7H,8,14H2,(H,15,16,18). The van der Waals surface area contributed by atoms with Crippen LogP contribution in [-0.4, -0.2) is 22.4 Å². The van der Waals surface area contributed by atoms with E-state index >= 15 is 0 Å². The lowest BCUT2D eigenvalue weighted by molar-refractivity contribution is -0.380. The Morgan fingerprint density at radius 1 is 1.43 bits per heavy atom. The summed E-state index contributed by atoms with van der Waals surface area (Å²) in [6.45, 7) is 0.219. The van der Waals surface area contributed by atoms with Gasteiger partial charge in [0.15, 0.2) is 0 Å². The van der Waals surface area contributed by atoms with E-state index in [-0.39, 0.29) is 16.4 Å². The summed E-state index contributed by atoms with van der Waals surface area (Å²) in [6.07, 6.45) is 0. The molecule has 0 fully saturated rings. The summed E-state index contributed by atoms with van der Waals surface area (Å²) < 4.78 is 0. The predicted molar refractivity (Wildman–Crippen MR) is 79.1 cm³/mol. The normalized spacial score (nSPS) is 9.57. The number of hydrogen-bond acceptors (Lipinski definition) is 6. The monoisotopic (exact) mass is 302 g/mol. The van der Waals surface area contributed by atoms with Crippen molar-refractivity contribution in [3.8, 4) is 11.8 Å². The molecule has 0 saturated carbocycles. The van der Waals surface area contributed by atoms with Gasteiger partial charge in [0, 0.05) is 6.07 Å². The summed E-state index contributed by atoms with van der Waals surface area (Å²) in [5.74, 6) is 5.28. The first-order chi connectivity index (χ1) is 10.1. The van der Waals surface area contributed by atoms with Gasteiger partial charge < -0.3 is 11.1 Å². The van der Waals surface area contributed by atoms with Gasteiger partial charge in [-0.2, -0.15) is 0 Å². The highest BCUT2D eigenvalue weighted by Crippen LogP contribution is 2.24. The molecule has 0 aliphatic heterocycles. The van der Waals surface area contributed by atoms with Gasteiger partial charge in [-0.1, -0.05) is 23.3 Å². The smallest absolute Gasteiger partial charge is 0.320 e. The number of carbonyl (C=O) groups is 1. The number of aromatic nitrogens is 1. The fourth-order valence-electron chi connectivity index (χ4n) is 1.44. The van der Waals surface area contributed by atoms with Gasteiger partial charge in [-0.05, 0) is 24.1 Å². The van der Waals surface area contributed by atoms with Gasteiger partial charge >= 0.3 is 5.00 Å². The van der Waals surface area contributed by atoms with Crippen molar-refractivity contribution >= 4 is 28.1 Å². The third kappa shape index (κ3) is 3.85. The minimum absolute atomic E-state index is 0.0873. The fraction of sp³-hybridized carbons (Fsp3) is 0.0769. The van der Waals surface area contributed by atoms with E-state index in [1.807, 2.05) is 0 Å². The van der Waals surface area contributed by atoms with Crippen molar-refractivity contribution < 1.29 is 9.72 Å². The minimum atomic E-state index is -0.539. The van der Waals surface area contributed by atoms with E-state index in [1.165, 1.54) is 12.1 Å². The molecule has 0 bridgehead atoms. The molecule has 0 aliphatic carbocycles. The van der Waals surface area contributed by atoms with E-state index in [9.17, 15) is 14.9 Å². The van der Waals surface area contributed by atoms with Crippen molar-refractivity contribution in [1.29, 1.82) is 0 Å². The Balaban J connectivity index is 2.13. The number of rotatable bonds is 3. The van der Waals surface area contributed by atoms with Gasteiger partial charge in [0.2, 0.25) is 0 Å². The molecule has 0 saturated heterocycles. The number of anilines is 1. The lowest BCUT2D eigenvalue weighted by Crippen LogP contribution is -2.11. The summed E-state index contributed by atoms with van der Waals surface area (Å²) >= 11 is 0.803. The highest BCUT2D eigenvalue weighted by Gasteiger charge is 2.15. The highest BCUT2D eigenvalue weighted by molar-refractivity contribution is 7.17. The molecule has 21 heavy (non-hydrogen) atoms. The lowest BCUT2D eigenvalue weighted by atomic mass is 10.3. The Morgan fingerprint density at radius 3 is 2.90 bits per heavy atom. The van der Waals surface area contributed by atoms with Crippen LogP contribution in [0.2, 0.25) is 0 Å². The van der Waals surface area contributed by atoms with E-state index in [1.54, 1.807) is 18.2 Å². The first-order valence-corrected chi connectivity index (χ1v) is 6.63. The number of nitrogens with zero attached hydrogens (tertiary/aromatic N) is 2. The molecular formula is C13H10N4O3S. The Labute approximate surface area is 124 Å². The summed E-state index contributed by atoms with van der Waals surface area (Å²) in [5, 5.41) is 13.1. The van der Waals surface area contributed by atoms with Crippen LogP contribution in [0.1, 0.15) is 15.4 Å². The second-order valence-electron chi connectivity index (χ2n) is 3.76. The molecule has 2 rings (SSSR count). The van der Waals surface area contributed by atoms with E-state index in [2.05, 4.69) is 22.1 Å². The summed E-state index contributed by atoms with van der Waals surface area (Å²) in [6, 6.07) is 7.67. The maximum absolute atomic E-state index is 12.0. The number of hydrogen-bond donors (Lipinski definition) is 2. The molecule has 0 radical (unpaired) electrons. The number of thiophene rings is 1. The van der Waals surface area contributed by atoms with Crippen LogP contribution in [0.3, 0.4) is 0 Å². The quantitative estimate of drug-likeness (QED) is 0.508. The first-order valence-electron chi connectivity index (χ1n) is 5.81. The molecule has 0 unspecified atom stereocenters. The molecule has 0 aromatic carbocycles. The van der Waals surface area contributed by atoms with Crippen molar-refractivity contribution in [2.24, 2.45) is 5.73 Å². The summed E-state index contributed by atoms with van der Waals surface area (Å²) in [4.78, 5) is 26.4. The van der Waals surface area contributed by atoms with Gasteiger partial charge in [0.1, 0.15) is 11.5 Å². The van der Waals surface area contributed by atoms with Crippen LogP contribution in [0.4, 0.5) is 10.8 Å². The third-order valence-corrected chi connectivity index (χ3v) is 3.34. The zero-order valence-corrected chi connectivity index (χ0v) is 11.5. The predicted octanol–water partition coefficient (Wildman–Crippen LogP) is 1.61. The molecule has 2 aromatic heterocycles. The maximum Gasteiger partial charge on any atom is 0.324 e. The Bertz CT molecular complexity index is 745.